The number of hydrogen-bond acceptors (Lipinski definition) is 12. The van der Waals surface area contributed by atoms with Gasteiger partial charge in [0.2, 0.25) is 0 Å². The van der Waals surface area contributed by atoms with E-state index < -0.39 is 62.3 Å². The first-order chi connectivity index (χ1) is 24.4. The second kappa shape index (κ2) is 17.9. The Hall–Kier alpha value is -4.09. The van der Waals surface area contributed by atoms with Gasteiger partial charge < -0.3 is 24.5 Å². The van der Waals surface area contributed by atoms with Crippen molar-refractivity contribution >= 4 is 36.7 Å². The zero-order valence-electron chi connectivity index (χ0n) is 29.7. The quantitative estimate of drug-likeness (QED) is 0.0624. The second-order valence-corrected chi connectivity index (χ2v) is 14.3. The van der Waals surface area contributed by atoms with Crippen molar-refractivity contribution in [1.82, 2.24) is 24.6 Å². The fraction of sp³-hybridized carbons (Fsp3) is 0.571. The lowest BCUT2D eigenvalue weighted by Gasteiger charge is -2.31. The molecular weight excluding hydrogens is 682 g/mol. The Bertz CT molecular complexity index is 1710. The number of nitrogen functional groups attached to an aromatic ring is 1. The van der Waals surface area contributed by atoms with Crippen LogP contribution >= 0.6 is 7.75 Å². The third-order valence-electron chi connectivity index (χ3n) is 8.86. The molecule has 0 amide bonds. The Morgan fingerprint density at radius 2 is 1.84 bits per heavy atom. The number of hydrogen-bond donors (Lipinski definition) is 2. The van der Waals surface area contributed by atoms with Gasteiger partial charge in [0.05, 0.1) is 18.9 Å². The summed E-state index contributed by atoms with van der Waals surface area (Å²) >= 11 is 0. The van der Waals surface area contributed by atoms with Crippen LogP contribution in [0.25, 0.3) is 11.2 Å². The molecule has 4 rings (SSSR count). The number of carbonyl (C=O) groups is 2. The molecule has 0 radical (unpaired) electrons. The van der Waals surface area contributed by atoms with Crippen molar-refractivity contribution in [2.24, 2.45) is 11.8 Å². The molecule has 0 unspecified atom stereocenters. The van der Waals surface area contributed by atoms with E-state index in [1.165, 1.54) is 17.8 Å². The molecule has 1 aliphatic heterocycles. The van der Waals surface area contributed by atoms with Crippen LogP contribution in [0.15, 0.2) is 36.7 Å². The normalized spacial score (nSPS) is 20.6. The molecule has 5 atom stereocenters. The SMILES string of the molecule is C#C[C@]1(CO[P@@](=O)(N[C@@H](C)C(=O)OCC(CC)CC)Oc2ccccc2)O[C@@H](n2cnc3c(N)nc(F)nc32)C[C@@H]1OC(=O)C(CCC)CCC. The van der Waals surface area contributed by atoms with Crippen molar-refractivity contribution in [3.63, 3.8) is 0 Å². The molecule has 0 spiro atoms. The van der Waals surface area contributed by atoms with Crippen LogP contribution in [0.3, 0.4) is 0 Å². The van der Waals surface area contributed by atoms with Gasteiger partial charge >= 0.3 is 25.8 Å². The van der Waals surface area contributed by atoms with Gasteiger partial charge in [-0.2, -0.15) is 19.4 Å². The molecule has 1 aliphatic rings. The maximum atomic E-state index is 14.4. The number of nitrogens with zero attached hydrogens (tertiary/aromatic N) is 4. The van der Waals surface area contributed by atoms with Crippen LogP contribution in [0.5, 0.6) is 5.75 Å². The van der Waals surface area contributed by atoms with E-state index in [1.54, 1.807) is 30.3 Å². The number of benzene rings is 1. The van der Waals surface area contributed by atoms with Crippen LogP contribution in [-0.4, -0.2) is 62.4 Å². The highest BCUT2D eigenvalue weighted by atomic mass is 31.2. The highest BCUT2D eigenvalue weighted by molar-refractivity contribution is 7.52. The number of carbonyl (C=O) groups excluding carboxylic acids is 2. The standard InChI is InChI=1S/C35H48FN6O8P/c1-7-15-25(16-8-2)33(44)48-27-19-28(42-22-38-29-30(37)39-34(36)40-31(29)42)49-35(27,11-5)21-47-51(45,50-26-17-13-12-14-18-26)41-23(6)32(43)46-20-24(9-3)10-4/h5,12-14,17-18,22-25,27-28H,7-10,15-16,19-21H2,1-4,6H3,(H,41,45)(H2,37,39,40)/t23-,27-,28+,35+,51-/m0/s1. The van der Waals surface area contributed by atoms with Crippen LogP contribution in [0.4, 0.5) is 10.2 Å². The summed E-state index contributed by atoms with van der Waals surface area (Å²) < 4.78 is 59.9. The summed E-state index contributed by atoms with van der Waals surface area (Å²) in [4.78, 5) is 38.1. The van der Waals surface area contributed by atoms with Gasteiger partial charge in [0.25, 0.3) is 0 Å². The third-order valence-corrected chi connectivity index (χ3v) is 10.5. The fourth-order valence-corrected chi connectivity index (χ4v) is 7.34. The summed E-state index contributed by atoms with van der Waals surface area (Å²) in [5.74, 6) is 1.22. The molecule has 1 aromatic carbocycles. The number of imidazole rings is 1. The van der Waals surface area contributed by atoms with E-state index in [1.807, 2.05) is 27.7 Å². The molecule has 0 saturated carbocycles. The fourth-order valence-electron chi connectivity index (χ4n) is 5.81. The summed E-state index contributed by atoms with van der Waals surface area (Å²) in [5, 5.41) is 2.67. The smallest absolute Gasteiger partial charge is 0.459 e. The first kappa shape index (κ1) is 39.7. The van der Waals surface area contributed by atoms with Crippen molar-refractivity contribution in [2.45, 2.75) is 104 Å². The summed E-state index contributed by atoms with van der Waals surface area (Å²) in [5.41, 5.74) is 4.20. The highest BCUT2D eigenvalue weighted by Gasteiger charge is 2.53. The predicted molar refractivity (Wildman–Crippen MR) is 187 cm³/mol. The van der Waals surface area contributed by atoms with E-state index >= 15 is 0 Å². The third kappa shape index (κ3) is 9.83. The Balaban J connectivity index is 1.66. The van der Waals surface area contributed by atoms with Crippen molar-refractivity contribution < 1.29 is 41.8 Å². The van der Waals surface area contributed by atoms with Crippen molar-refractivity contribution in [1.29, 1.82) is 0 Å². The second-order valence-electron chi connectivity index (χ2n) is 12.6. The van der Waals surface area contributed by atoms with E-state index in [0.717, 1.165) is 25.7 Å². The van der Waals surface area contributed by atoms with Gasteiger partial charge in [0.1, 0.15) is 30.7 Å². The molecule has 1 saturated heterocycles. The van der Waals surface area contributed by atoms with E-state index in [0.29, 0.717) is 12.8 Å². The van der Waals surface area contributed by atoms with Crippen molar-refractivity contribution in [3.05, 3.63) is 42.7 Å². The molecular formula is C35H48FN6O8P. The molecule has 2 aromatic heterocycles. The topological polar surface area (TPSA) is 179 Å². The summed E-state index contributed by atoms with van der Waals surface area (Å²) in [7, 11) is -4.43. The monoisotopic (exact) mass is 730 g/mol. The number of terminal acetylenes is 1. The number of rotatable bonds is 19. The van der Waals surface area contributed by atoms with Gasteiger partial charge in [-0.05, 0) is 37.8 Å². The van der Waals surface area contributed by atoms with Gasteiger partial charge in [0.15, 0.2) is 22.6 Å². The van der Waals surface area contributed by atoms with Crippen LogP contribution < -0.4 is 15.3 Å². The van der Waals surface area contributed by atoms with Gasteiger partial charge in [0, 0.05) is 6.42 Å². The minimum Gasteiger partial charge on any atom is -0.464 e. The molecule has 51 heavy (non-hydrogen) atoms. The molecule has 0 bridgehead atoms. The zero-order valence-corrected chi connectivity index (χ0v) is 30.6. The van der Waals surface area contributed by atoms with E-state index in [9.17, 15) is 18.5 Å². The Morgan fingerprint density at radius 3 is 2.47 bits per heavy atom. The van der Waals surface area contributed by atoms with Gasteiger partial charge in [-0.25, -0.2) is 9.55 Å². The molecule has 1 fully saturated rings. The van der Waals surface area contributed by atoms with Gasteiger partial charge in [-0.15, -0.1) is 6.42 Å². The molecule has 3 N–H and O–H groups in total. The predicted octanol–water partition coefficient (Wildman–Crippen LogP) is 6.13. The lowest BCUT2D eigenvalue weighted by atomic mass is 9.96. The number of nitrogens with two attached hydrogens (primary N) is 1. The minimum atomic E-state index is -4.43. The average Bonchev–Trinajstić information content (AvgIpc) is 3.69. The number of aromatic nitrogens is 4. The van der Waals surface area contributed by atoms with E-state index in [2.05, 4.69) is 26.0 Å². The van der Waals surface area contributed by atoms with Gasteiger partial charge in [-0.1, -0.05) is 77.5 Å². The lowest BCUT2D eigenvalue weighted by Crippen LogP contribution is -2.46. The first-order valence-corrected chi connectivity index (χ1v) is 18.9. The molecule has 0 aliphatic carbocycles. The van der Waals surface area contributed by atoms with Crippen molar-refractivity contribution in [3.8, 4) is 18.1 Å². The zero-order chi connectivity index (χ0) is 37.2. The number of fused-ring (bicyclic) bond motifs is 1. The molecule has 278 valence electrons. The van der Waals surface area contributed by atoms with Crippen molar-refractivity contribution in [2.75, 3.05) is 18.9 Å². The minimum absolute atomic E-state index is 0.0270. The number of para-hydroxylation sites is 1. The lowest BCUT2D eigenvalue weighted by molar-refractivity contribution is -0.163. The average molecular weight is 731 g/mol. The number of halogens is 1. The number of ether oxygens (including phenoxy) is 3. The summed E-state index contributed by atoms with van der Waals surface area (Å²) in [6, 6.07) is 7.10. The Kier molecular flexibility index (Phi) is 13.9. The van der Waals surface area contributed by atoms with Gasteiger partial charge in [-0.3, -0.25) is 18.7 Å². The molecule has 3 heterocycles. The Labute approximate surface area is 297 Å². The van der Waals surface area contributed by atoms with E-state index in [-0.39, 0.29) is 41.7 Å². The first-order valence-electron chi connectivity index (χ1n) is 17.4. The van der Waals surface area contributed by atoms with Crippen LogP contribution in [0, 0.1) is 30.3 Å². The maximum Gasteiger partial charge on any atom is 0.459 e. The van der Waals surface area contributed by atoms with Crippen LogP contribution in [-0.2, 0) is 32.9 Å². The Morgan fingerprint density at radius 1 is 1.16 bits per heavy atom. The maximum absolute atomic E-state index is 14.4. The molecule has 16 heteroatoms. The molecule has 14 nitrogen and oxygen atoms in total. The van der Waals surface area contributed by atoms with Crippen LogP contribution in [0.1, 0.15) is 85.8 Å². The molecule has 3 aromatic rings. The van der Waals surface area contributed by atoms with E-state index in [4.69, 9.17) is 35.4 Å². The highest BCUT2D eigenvalue weighted by Crippen LogP contribution is 2.48. The number of anilines is 1. The summed E-state index contributed by atoms with van der Waals surface area (Å²) in [6.45, 7) is 9.01. The summed E-state index contributed by atoms with van der Waals surface area (Å²) in [6.07, 6.45) is 8.58. The number of nitrogens with one attached hydrogen (secondary N) is 1. The van der Waals surface area contributed by atoms with Crippen LogP contribution in [0.2, 0.25) is 0 Å². The number of esters is 2. The largest absolute Gasteiger partial charge is 0.464 e.